The molecule has 0 aliphatic carbocycles. The molecule has 286 valence electrons. The first-order valence-electron chi connectivity index (χ1n) is 18.4. The van der Waals surface area contributed by atoms with E-state index in [2.05, 4.69) is 37.4 Å². The molecule has 0 bridgehead atoms. The molecule has 2 aromatic carbocycles. The number of urea groups is 1. The topological polar surface area (TPSA) is 129 Å². The number of piperidine rings is 3. The number of fused-ring (bicyclic) bond motifs is 1. The summed E-state index contributed by atoms with van der Waals surface area (Å²) in [5, 5.41) is 5.57. The number of pyridine rings is 1. The summed E-state index contributed by atoms with van der Waals surface area (Å²) in [5.74, 6) is -0.528. The fraction of sp³-hybridized carbons (Fsp3) is 0.462. The number of aryl methyl sites for hydroxylation is 1. The number of benzene rings is 2. The molecule has 15 heteroatoms. The lowest BCUT2D eigenvalue weighted by atomic mass is 9.89. The number of carbonyl (C=O) groups excluding carboxylic acids is 3. The van der Waals surface area contributed by atoms with Gasteiger partial charge in [-0.2, -0.15) is 0 Å². The molecule has 3 aromatic rings. The lowest BCUT2D eigenvalue weighted by molar-refractivity contribution is -0.275. The van der Waals surface area contributed by atoms with Crippen LogP contribution >= 0.6 is 0 Å². The quantitative estimate of drug-likeness (QED) is 0.311. The van der Waals surface area contributed by atoms with Crippen LogP contribution in [0.4, 0.5) is 23.7 Å². The summed E-state index contributed by atoms with van der Waals surface area (Å²) in [6.45, 7) is 2.98. The molecule has 1 aromatic heterocycles. The van der Waals surface area contributed by atoms with Gasteiger partial charge in [-0.25, -0.2) is 4.79 Å². The van der Waals surface area contributed by atoms with E-state index in [4.69, 9.17) is 0 Å². The van der Waals surface area contributed by atoms with Gasteiger partial charge in [-0.05, 0) is 67.3 Å². The lowest BCUT2D eigenvalue weighted by Gasteiger charge is -2.40. The van der Waals surface area contributed by atoms with Gasteiger partial charge < -0.3 is 24.4 Å². The Bertz CT molecular complexity index is 2000. The SMILES string of the molecule is CN(C(=O)N1CCC(c2ccc(NC3CCC(=O)NC3=O)cc2)CC1)C1CCN(Cc2ccc(-c3cn(C)c(=O)c4c3C=NC4)cc2OC(F)(F)F)CC1. The molecule has 1 unspecified atom stereocenters. The molecule has 4 aliphatic rings. The van der Waals surface area contributed by atoms with Gasteiger partial charge in [0.25, 0.3) is 5.56 Å². The summed E-state index contributed by atoms with van der Waals surface area (Å²) in [5.41, 5.74) is 4.45. The zero-order valence-corrected chi connectivity index (χ0v) is 30.3. The predicted octanol–water partition coefficient (Wildman–Crippen LogP) is 5.00. The van der Waals surface area contributed by atoms with Crippen molar-refractivity contribution in [3.63, 3.8) is 0 Å². The zero-order chi connectivity index (χ0) is 38.1. The molecule has 0 spiro atoms. The van der Waals surface area contributed by atoms with Gasteiger partial charge in [0.1, 0.15) is 11.8 Å². The van der Waals surface area contributed by atoms with E-state index in [0.29, 0.717) is 85.6 Å². The van der Waals surface area contributed by atoms with Crippen LogP contribution in [0, 0.1) is 0 Å². The molecular weight excluding hydrogens is 703 g/mol. The van der Waals surface area contributed by atoms with Crippen LogP contribution < -0.4 is 20.9 Å². The number of ether oxygens (including phenoxy) is 1. The number of rotatable bonds is 8. The Labute approximate surface area is 311 Å². The molecule has 54 heavy (non-hydrogen) atoms. The second-order valence-corrected chi connectivity index (χ2v) is 14.6. The maximum absolute atomic E-state index is 13.6. The maximum Gasteiger partial charge on any atom is 0.573 e. The Morgan fingerprint density at radius 2 is 1.72 bits per heavy atom. The number of imide groups is 1. The number of nitrogens with zero attached hydrogens (tertiary/aromatic N) is 5. The second-order valence-electron chi connectivity index (χ2n) is 14.6. The summed E-state index contributed by atoms with van der Waals surface area (Å²) >= 11 is 0. The number of amides is 4. The minimum absolute atomic E-state index is 0.0117. The van der Waals surface area contributed by atoms with E-state index in [0.717, 1.165) is 18.5 Å². The van der Waals surface area contributed by atoms with Crippen molar-refractivity contribution in [2.24, 2.45) is 12.0 Å². The Balaban J connectivity index is 0.917. The normalized spacial score (nSPS) is 19.8. The van der Waals surface area contributed by atoms with Crippen LogP contribution in [-0.4, -0.2) is 95.0 Å². The molecule has 0 saturated carbocycles. The van der Waals surface area contributed by atoms with E-state index < -0.39 is 12.4 Å². The largest absolute Gasteiger partial charge is 0.573 e. The average Bonchev–Trinajstić information content (AvgIpc) is 3.65. The number of aromatic nitrogens is 1. The van der Waals surface area contributed by atoms with E-state index in [1.165, 1.54) is 16.2 Å². The molecule has 4 amide bonds. The fourth-order valence-electron chi connectivity index (χ4n) is 8.02. The van der Waals surface area contributed by atoms with Gasteiger partial charge in [0.2, 0.25) is 11.8 Å². The van der Waals surface area contributed by atoms with Crippen molar-refractivity contribution in [1.29, 1.82) is 0 Å². The minimum atomic E-state index is -4.88. The Morgan fingerprint density at radius 1 is 1.00 bits per heavy atom. The average molecular weight is 748 g/mol. The Morgan fingerprint density at radius 3 is 2.41 bits per heavy atom. The standard InChI is InChI=1S/C39H44F3N7O5/c1-46-23-32(30-20-43-21-31(30)37(46)52)26-3-4-27(34(19-26)54-39(40,41)42)22-48-15-13-29(14-16-48)47(2)38(53)49-17-11-25(12-18-49)24-5-7-28(8-6-24)44-33-9-10-35(50)45-36(33)51/h3-8,19-20,23,25,29,33,44H,9-18,21-22H2,1-2H3,(H,45,50,51). The summed E-state index contributed by atoms with van der Waals surface area (Å²) in [7, 11) is 3.44. The van der Waals surface area contributed by atoms with E-state index in [-0.39, 0.29) is 48.3 Å². The molecule has 3 saturated heterocycles. The number of halogens is 3. The number of hydrogen-bond donors (Lipinski definition) is 2. The second kappa shape index (κ2) is 15.3. The number of carbonyl (C=O) groups is 3. The Hall–Kier alpha value is -5.18. The monoisotopic (exact) mass is 747 g/mol. The molecule has 7 rings (SSSR count). The molecule has 3 fully saturated rings. The van der Waals surface area contributed by atoms with Crippen LogP contribution in [0.3, 0.4) is 0 Å². The van der Waals surface area contributed by atoms with Crippen LogP contribution in [0.25, 0.3) is 11.1 Å². The zero-order valence-electron chi connectivity index (χ0n) is 30.3. The van der Waals surface area contributed by atoms with Crippen molar-refractivity contribution < 1.29 is 32.3 Å². The summed E-state index contributed by atoms with van der Waals surface area (Å²) in [6, 6.07) is 12.4. The highest BCUT2D eigenvalue weighted by Crippen LogP contribution is 2.35. The van der Waals surface area contributed by atoms with Crippen LogP contribution in [0.1, 0.15) is 66.7 Å². The first-order chi connectivity index (χ1) is 25.8. The molecule has 2 N–H and O–H groups in total. The highest BCUT2D eigenvalue weighted by Gasteiger charge is 2.34. The first kappa shape index (κ1) is 37.1. The van der Waals surface area contributed by atoms with E-state index in [1.54, 1.807) is 31.6 Å². The molecular formula is C39H44F3N7O5. The molecule has 0 radical (unpaired) electrons. The molecule has 12 nitrogen and oxygen atoms in total. The van der Waals surface area contributed by atoms with Crippen LogP contribution in [-0.2, 0) is 29.7 Å². The highest BCUT2D eigenvalue weighted by atomic mass is 19.4. The van der Waals surface area contributed by atoms with Gasteiger partial charge in [0, 0.05) is 99.6 Å². The first-order valence-corrected chi connectivity index (χ1v) is 18.4. The molecule has 1 atom stereocenters. The predicted molar refractivity (Wildman–Crippen MR) is 196 cm³/mol. The third-order valence-electron chi connectivity index (χ3n) is 11.1. The van der Waals surface area contributed by atoms with Crippen molar-refractivity contribution in [2.75, 3.05) is 38.5 Å². The van der Waals surface area contributed by atoms with Crippen molar-refractivity contribution in [1.82, 2.24) is 24.6 Å². The number of nitrogens with one attached hydrogen (secondary N) is 2. The van der Waals surface area contributed by atoms with Crippen molar-refractivity contribution in [2.45, 2.75) is 76.0 Å². The van der Waals surface area contributed by atoms with Gasteiger partial charge in [0.15, 0.2) is 0 Å². The number of aliphatic imine (C=N–C) groups is 1. The van der Waals surface area contributed by atoms with Gasteiger partial charge in [-0.1, -0.05) is 24.3 Å². The third-order valence-corrected chi connectivity index (χ3v) is 11.1. The van der Waals surface area contributed by atoms with Gasteiger partial charge >= 0.3 is 12.4 Å². The van der Waals surface area contributed by atoms with E-state index in [1.807, 2.05) is 29.0 Å². The highest BCUT2D eigenvalue weighted by molar-refractivity contribution is 6.01. The number of likely N-dealkylation sites (tertiary alicyclic amines) is 2. The number of anilines is 1. The van der Waals surface area contributed by atoms with Crippen LogP contribution in [0.15, 0.2) is 58.4 Å². The van der Waals surface area contributed by atoms with Crippen molar-refractivity contribution in [3.05, 3.63) is 81.3 Å². The smallest absolute Gasteiger partial charge is 0.405 e. The number of alkyl halides is 3. The molecule has 4 aliphatic heterocycles. The minimum Gasteiger partial charge on any atom is -0.405 e. The Kier molecular flexibility index (Phi) is 10.5. The van der Waals surface area contributed by atoms with Crippen molar-refractivity contribution in [3.8, 4) is 16.9 Å². The van der Waals surface area contributed by atoms with Crippen molar-refractivity contribution >= 4 is 29.7 Å². The number of hydrogen-bond acceptors (Lipinski definition) is 8. The molecule has 5 heterocycles. The van der Waals surface area contributed by atoms with Crippen LogP contribution in [0.5, 0.6) is 5.75 Å². The fourth-order valence-corrected chi connectivity index (χ4v) is 8.02. The maximum atomic E-state index is 13.6. The summed E-state index contributed by atoms with van der Waals surface area (Å²) < 4.78 is 46.7. The lowest BCUT2D eigenvalue weighted by Crippen LogP contribution is -2.51. The van der Waals surface area contributed by atoms with Gasteiger partial charge in [-0.3, -0.25) is 29.6 Å². The summed E-state index contributed by atoms with van der Waals surface area (Å²) in [6.07, 6.45) is 2.13. The summed E-state index contributed by atoms with van der Waals surface area (Å²) in [4.78, 5) is 59.6. The van der Waals surface area contributed by atoms with E-state index >= 15 is 0 Å². The van der Waals surface area contributed by atoms with Crippen LogP contribution in [0.2, 0.25) is 0 Å². The third kappa shape index (κ3) is 8.15. The van der Waals surface area contributed by atoms with Gasteiger partial charge in [-0.15, -0.1) is 13.2 Å². The van der Waals surface area contributed by atoms with E-state index in [9.17, 15) is 32.3 Å². The van der Waals surface area contributed by atoms with Gasteiger partial charge in [0.05, 0.1) is 6.54 Å².